The van der Waals surface area contributed by atoms with E-state index in [0.29, 0.717) is 41.8 Å². The summed E-state index contributed by atoms with van der Waals surface area (Å²) < 4.78 is 0. The summed E-state index contributed by atoms with van der Waals surface area (Å²) in [5, 5.41) is 14.8. The maximum absolute atomic E-state index is 13.0. The highest BCUT2D eigenvalue weighted by Gasteiger charge is 2.15. The van der Waals surface area contributed by atoms with Crippen molar-refractivity contribution in [2.75, 3.05) is 47.9 Å². The summed E-state index contributed by atoms with van der Waals surface area (Å²) >= 11 is 0. The molecule has 0 saturated heterocycles. The summed E-state index contributed by atoms with van der Waals surface area (Å²) in [5.41, 5.74) is 2.63. The second kappa shape index (κ2) is 12.9. The summed E-state index contributed by atoms with van der Waals surface area (Å²) in [6, 6.07) is 10.9. The van der Waals surface area contributed by atoms with E-state index in [1.165, 1.54) is 6.20 Å². The molecule has 10 nitrogen and oxygen atoms in total. The van der Waals surface area contributed by atoms with E-state index in [1.807, 2.05) is 19.1 Å². The number of benzene rings is 1. The number of pyridine rings is 1. The SMILES string of the molecule is CCCNc1nc(NCCc2ccncc2)ncc1C(=O)Nc1cccc(NC(=O)CNC)c1. The quantitative estimate of drug-likeness (QED) is 0.278. The van der Waals surface area contributed by atoms with Gasteiger partial charge in [-0.1, -0.05) is 13.0 Å². The van der Waals surface area contributed by atoms with Crippen LogP contribution in [0.25, 0.3) is 0 Å². The van der Waals surface area contributed by atoms with Gasteiger partial charge in [0.05, 0.1) is 6.54 Å². The molecule has 0 unspecified atom stereocenters. The summed E-state index contributed by atoms with van der Waals surface area (Å²) in [6.07, 6.45) is 6.71. The molecule has 1 aromatic carbocycles. The largest absolute Gasteiger partial charge is 0.369 e. The van der Waals surface area contributed by atoms with Crippen molar-refractivity contribution in [1.82, 2.24) is 20.3 Å². The minimum atomic E-state index is -0.347. The third-order valence-electron chi connectivity index (χ3n) is 4.76. The fourth-order valence-corrected chi connectivity index (χ4v) is 3.12. The van der Waals surface area contributed by atoms with Crippen molar-refractivity contribution < 1.29 is 9.59 Å². The van der Waals surface area contributed by atoms with Gasteiger partial charge in [0, 0.05) is 43.1 Å². The second-order valence-corrected chi connectivity index (χ2v) is 7.53. The summed E-state index contributed by atoms with van der Waals surface area (Å²) in [4.78, 5) is 37.6. The molecule has 0 aliphatic heterocycles. The van der Waals surface area contributed by atoms with Gasteiger partial charge in [-0.2, -0.15) is 4.98 Å². The number of carbonyl (C=O) groups is 2. The molecule has 3 aromatic rings. The Morgan fingerprint density at radius 3 is 2.47 bits per heavy atom. The third-order valence-corrected chi connectivity index (χ3v) is 4.76. The average molecular weight is 463 g/mol. The normalized spacial score (nSPS) is 10.4. The van der Waals surface area contributed by atoms with Gasteiger partial charge in [0.1, 0.15) is 11.4 Å². The molecule has 10 heteroatoms. The lowest BCUT2D eigenvalue weighted by atomic mass is 10.2. The number of aromatic nitrogens is 3. The number of amides is 2. The zero-order valence-electron chi connectivity index (χ0n) is 19.4. The van der Waals surface area contributed by atoms with Crippen molar-refractivity contribution >= 4 is 35.0 Å². The number of nitrogens with zero attached hydrogens (tertiary/aromatic N) is 3. The highest BCUT2D eigenvalue weighted by Crippen LogP contribution is 2.19. The maximum Gasteiger partial charge on any atom is 0.260 e. The van der Waals surface area contributed by atoms with Gasteiger partial charge in [-0.15, -0.1) is 0 Å². The molecular formula is C24H30N8O2. The topological polar surface area (TPSA) is 133 Å². The van der Waals surface area contributed by atoms with Gasteiger partial charge in [-0.25, -0.2) is 4.98 Å². The van der Waals surface area contributed by atoms with E-state index in [-0.39, 0.29) is 18.4 Å². The van der Waals surface area contributed by atoms with Gasteiger partial charge < -0.3 is 26.6 Å². The van der Waals surface area contributed by atoms with Crippen LogP contribution in [0, 0.1) is 0 Å². The van der Waals surface area contributed by atoms with E-state index < -0.39 is 0 Å². The predicted molar refractivity (Wildman–Crippen MR) is 134 cm³/mol. The van der Waals surface area contributed by atoms with Crippen LogP contribution in [0.15, 0.2) is 55.0 Å². The van der Waals surface area contributed by atoms with Crippen LogP contribution < -0.4 is 26.6 Å². The van der Waals surface area contributed by atoms with Gasteiger partial charge in [-0.05, 0) is 55.8 Å². The molecule has 34 heavy (non-hydrogen) atoms. The number of anilines is 4. The van der Waals surface area contributed by atoms with Crippen LogP contribution in [-0.2, 0) is 11.2 Å². The molecule has 0 radical (unpaired) electrons. The molecule has 178 valence electrons. The lowest BCUT2D eigenvalue weighted by Crippen LogP contribution is -2.25. The van der Waals surface area contributed by atoms with Crippen LogP contribution in [0.3, 0.4) is 0 Å². The van der Waals surface area contributed by atoms with Gasteiger partial charge in [0.25, 0.3) is 5.91 Å². The van der Waals surface area contributed by atoms with Gasteiger partial charge in [0.2, 0.25) is 11.9 Å². The number of nitrogens with one attached hydrogen (secondary N) is 5. The smallest absolute Gasteiger partial charge is 0.260 e. The van der Waals surface area contributed by atoms with E-state index in [1.54, 1.807) is 43.7 Å². The molecular weight excluding hydrogens is 432 g/mol. The molecule has 0 aliphatic carbocycles. The number of likely N-dealkylation sites (N-methyl/N-ethyl adjacent to an activating group) is 1. The first-order valence-corrected chi connectivity index (χ1v) is 11.2. The lowest BCUT2D eigenvalue weighted by Gasteiger charge is -2.13. The molecule has 0 atom stereocenters. The zero-order chi connectivity index (χ0) is 24.2. The summed E-state index contributed by atoms with van der Waals surface area (Å²) in [5.74, 6) is 0.385. The first-order valence-electron chi connectivity index (χ1n) is 11.2. The van der Waals surface area contributed by atoms with E-state index in [2.05, 4.69) is 41.5 Å². The minimum absolute atomic E-state index is 0.169. The van der Waals surface area contributed by atoms with Crippen LogP contribution >= 0.6 is 0 Å². The summed E-state index contributed by atoms with van der Waals surface area (Å²) in [6.45, 7) is 3.55. The lowest BCUT2D eigenvalue weighted by molar-refractivity contribution is -0.115. The van der Waals surface area contributed by atoms with Crippen molar-refractivity contribution in [2.45, 2.75) is 19.8 Å². The first kappa shape index (κ1) is 24.6. The molecule has 3 rings (SSSR count). The molecule has 0 aliphatic rings. The molecule has 5 N–H and O–H groups in total. The molecule has 2 aromatic heterocycles. The molecule has 0 fully saturated rings. The maximum atomic E-state index is 13.0. The predicted octanol–water partition coefficient (Wildman–Crippen LogP) is 2.76. The zero-order valence-corrected chi connectivity index (χ0v) is 19.4. The number of hydrogen-bond donors (Lipinski definition) is 5. The van der Waals surface area contributed by atoms with Crippen molar-refractivity contribution in [3.05, 3.63) is 66.1 Å². The Balaban J connectivity index is 1.68. The van der Waals surface area contributed by atoms with Crippen LogP contribution in [-0.4, -0.2) is 53.4 Å². The van der Waals surface area contributed by atoms with Crippen LogP contribution in [0.1, 0.15) is 29.3 Å². The fourth-order valence-electron chi connectivity index (χ4n) is 3.12. The number of hydrogen-bond acceptors (Lipinski definition) is 8. The van der Waals surface area contributed by atoms with E-state index in [9.17, 15) is 9.59 Å². The monoisotopic (exact) mass is 462 g/mol. The Morgan fingerprint density at radius 1 is 0.971 bits per heavy atom. The Hall–Kier alpha value is -4.05. The molecule has 2 amide bonds. The molecule has 0 bridgehead atoms. The Bertz CT molecular complexity index is 1090. The molecule has 0 spiro atoms. The first-order chi connectivity index (χ1) is 16.6. The van der Waals surface area contributed by atoms with E-state index in [0.717, 1.165) is 18.4 Å². The van der Waals surface area contributed by atoms with Gasteiger partial charge >= 0.3 is 0 Å². The van der Waals surface area contributed by atoms with Crippen molar-refractivity contribution in [3.63, 3.8) is 0 Å². The Morgan fingerprint density at radius 2 is 1.74 bits per heavy atom. The van der Waals surface area contributed by atoms with Crippen molar-refractivity contribution in [3.8, 4) is 0 Å². The number of carbonyl (C=O) groups excluding carboxylic acids is 2. The Kier molecular flexibility index (Phi) is 9.29. The Labute approximate surface area is 199 Å². The molecule has 2 heterocycles. The highest BCUT2D eigenvalue weighted by molar-refractivity contribution is 6.07. The van der Waals surface area contributed by atoms with Crippen LogP contribution in [0.5, 0.6) is 0 Å². The van der Waals surface area contributed by atoms with Crippen molar-refractivity contribution in [1.29, 1.82) is 0 Å². The number of rotatable bonds is 12. The highest BCUT2D eigenvalue weighted by atomic mass is 16.2. The van der Waals surface area contributed by atoms with Crippen LogP contribution in [0.2, 0.25) is 0 Å². The van der Waals surface area contributed by atoms with Crippen LogP contribution in [0.4, 0.5) is 23.1 Å². The summed E-state index contributed by atoms with van der Waals surface area (Å²) in [7, 11) is 1.70. The van der Waals surface area contributed by atoms with Gasteiger partial charge in [-0.3, -0.25) is 14.6 Å². The third kappa shape index (κ3) is 7.52. The van der Waals surface area contributed by atoms with Crippen molar-refractivity contribution in [2.24, 2.45) is 0 Å². The minimum Gasteiger partial charge on any atom is -0.369 e. The van der Waals surface area contributed by atoms with E-state index in [4.69, 9.17) is 0 Å². The van der Waals surface area contributed by atoms with E-state index >= 15 is 0 Å². The fraction of sp³-hybridized carbons (Fsp3) is 0.292. The average Bonchev–Trinajstić information content (AvgIpc) is 2.84. The molecule has 0 saturated carbocycles. The standard InChI is InChI=1S/C24H30N8O2/c1-3-10-27-22-20(15-29-24(32-22)28-13-9-17-7-11-26-12-8-17)23(34)31-19-6-4-5-18(14-19)30-21(33)16-25-2/h4-8,11-12,14-15,25H,3,9-10,13,16H2,1-2H3,(H,30,33)(H,31,34)(H2,27,28,29,32). The van der Waals surface area contributed by atoms with Gasteiger partial charge in [0.15, 0.2) is 0 Å². The second-order valence-electron chi connectivity index (χ2n) is 7.53.